The Morgan fingerprint density at radius 3 is 2.45 bits per heavy atom. The van der Waals surface area contributed by atoms with E-state index in [9.17, 15) is 9.90 Å². The van der Waals surface area contributed by atoms with E-state index in [1.54, 1.807) is 26.4 Å². The van der Waals surface area contributed by atoms with Gasteiger partial charge in [0.05, 0.1) is 19.8 Å². The zero-order chi connectivity index (χ0) is 20.4. The Morgan fingerprint density at radius 1 is 0.966 bits per heavy atom. The van der Waals surface area contributed by atoms with E-state index in [0.29, 0.717) is 22.6 Å². The van der Waals surface area contributed by atoms with Crippen LogP contribution in [0, 0.1) is 0 Å². The summed E-state index contributed by atoms with van der Waals surface area (Å²) in [6.45, 7) is 0. The molecule has 0 amide bonds. The van der Waals surface area contributed by atoms with Crippen LogP contribution in [0.5, 0.6) is 23.0 Å². The van der Waals surface area contributed by atoms with Crippen molar-refractivity contribution >= 4 is 11.9 Å². The Labute approximate surface area is 168 Å². The number of aromatic hydroxyl groups is 1. The number of carbonyl (C=O) groups excluding carboxylic acids is 1. The molecule has 0 saturated heterocycles. The van der Waals surface area contributed by atoms with Gasteiger partial charge in [-0.25, -0.2) is 0 Å². The number of ketones is 1. The molecule has 0 bridgehead atoms. The van der Waals surface area contributed by atoms with Crippen molar-refractivity contribution in [2.45, 2.75) is 6.10 Å². The van der Waals surface area contributed by atoms with Crippen LogP contribution in [0.25, 0.3) is 6.08 Å². The Bertz CT molecular complexity index is 1080. The maximum Gasteiger partial charge on any atom is 0.196 e. The van der Waals surface area contributed by atoms with E-state index in [-0.39, 0.29) is 11.5 Å². The molecule has 5 nitrogen and oxygen atoms in total. The molecule has 1 atom stereocenters. The third-order valence-corrected chi connectivity index (χ3v) is 4.86. The highest BCUT2D eigenvalue weighted by Gasteiger charge is 2.34. The van der Waals surface area contributed by atoms with Crippen LogP contribution in [-0.4, -0.2) is 25.1 Å². The first-order valence-corrected chi connectivity index (χ1v) is 9.13. The smallest absolute Gasteiger partial charge is 0.196 e. The van der Waals surface area contributed by atoms with Crippen LogP contribution in [0.4, 0.5) is 0 Å². The van der Waals surface area contributed by atoms with Crippen molar-refractivity contribution in [3.8, 4) is 23.0 Å². The second-order valence-electron chi connectivity index (χ2n) is 6.62. The highest BCUT2D eigenvalue weighted by molar-refractivity contribution is 6.15. The van der Waals surface area contributed by atoms with Gasteiger partial charge < -0.3 is 19.3 Å². The molecule has 1 aliphatic heterocycles. The van der Waals surface area contributed by atoms with E-state index in [4.69, 9.17) is 14.2 Å². The molecule has 0 aliphatic carbocycles. The monoisotopic (exact) mass is 388 g/mol. The lowest BCUT2D eigenvalue weighted by Gasteiger charge is -2.29. The van der Waals surface area contributed by atoms with Crippen molar-refractivity contribution in [2.24, 2.45) is 0 Å². The van der Waals surface area contributed by atoms with Gasteiger partial charge in [0.2, 0.25) is 0 Å². The fourth-order valence-corrected chi connectivity index (χ4v) is 3.40. The van der Waals surface area contributed by atoms with Crippen LogP contribution >= 0.6 is 0 Å². The second-order valence-corrected chi connectivity index (χ2v) is 6.62. The van der Waals surface area contributed by atoms with Gasteiger partial charge in [-0.05, 0) is 48.0 Å². The number of phenolic OH excluding ortho intramolecular Hbond substituents is 1. The van der Waals surface area contributed by atoms with Crippen LogP contribution in [0.1, 0.15) is 27.6 Å². The molecular weight excluding hydrogens is 368 g/mol. The SMILES string of the molecule is COc1ccc(C=C2C(=O)c3cc(O)ccc3OC2c2ccccc2OC)cc1. The molecule has 0 fully saturated rings. The predicted molar refractivity (Wildman–Crippen MR) is 110 cm³/mol. The summed E-state index contributed by atoms with van der Waals surface area (Å²) in [7, 11) is 3.19. The third-order valence-electron chi connectivity index (χ3n) is 4.86. The van der Waals surface area contributed by atoms with Gasteiger partial charge in [0.25, 0.3) is 0 Å². The highest BCUT2D eigenvalue weighted by Crippen LogP contribution is 2.42. The quantitative estimate of drug-likeness (QED) is 0.650. The van der Waals surface area contributed by atoms with Crippen LogP contribution in [0.3, 0.4) is 0 Å². The normalized spacial score (nSPS) is 16.8. The first-order valence-electron chi connectivity index (χ1n) is 9.13. The van der Waals surface area contributed by atoms with E-state index >= 15 is 0 Å². The Hall–Kier alpha value is -3.73. The van der Waals surface area contributed by atoms with Crippen LogP contribution in [-0.2, 0) is 0 Å². The first-order chi connectivity index (χ1) is 14.1. The molecule has 0 spiro atoms. The molecule has 1 N–H and O–H groups in total. The number of carbonyl (C=O) groups is 1. The fourth-order valence-electron chi connectivity index (χ4n) is 3.40. The molecule has 0 radical (unpaired) electrons. The zero-order valence-corrected chi connectivity index (χ0v) is 16.1. The number of fused-ring (bicyclic) bond motifs is 1. The zero-order valence-electron chi connectivity index (χ0n) is 16.1. The topological polar surface area (TPSA) is 65.0 Å². The van der Waals surface area contributed by atoms with Gasteiger partial charge in [-0.15, -0.1) is 0 Å². The van der Waals surface area contributed by atoms with Gasteiger partial charge >= 0.3 is 0 Å². The minimum atomic E-state index is -0.641. The molecule has 1 aliphatic rings. The predicted octanol–water partition coefficient (Wildman–Crippen LogP) is 4.81. The summed E-state index contributed by atoms with van der Waals surface area (Å²) in [6.07, 6.45) is 1.16. The summed E-state index contributed by atoms with van der Waals surface area (Å²) in [5.74, 6) is 1.60. The van der Waals surface area contributed by atoms with E-state index in [2.05, 4.69) is 0 Å². The Morgan fingerprint density at radius 2 is 1.72 bits per heavy atom. The molecule has 0 aromatic heterocycles. The molecule has 1 unspecified atom stereocenters. The number of Topliss-reactive ketones (excluding diaryl/α,β-unsaturated/α-hetero) is 1. The molecule has 0 saturated carbocycles. The molecule has 146 valence electrons. The van der Waals surface area contributed by atoms with Gasteiger partial charge in [-0.1, -0.05) is 30.3 Å². The van der Waals surface area contributed by atoms with Crippen molar-refractivity contribution < 1.29 is 24.1 Å². The van der Waals surface area contributed by atoms with Gasteiger partial charge in [0, 0.05) is 11.1 Å². The molecule has 29 heavy (non-hydrogen) atoms. The van der Waals surface area contributed by atoms with Crippen molar-refractivity contribution in [1.29, 1.82) is 0 Å². The molecule has 3 aromatic carbocycles. The number of phenols is 1. The summed E-state index contributed by atoms with van der Waals surface area (Å²) in [6, 6.07) is 19.4. The fraction of sp³-hybridized carbons (Fsp3) is 0.125. The summed E-state index contributed by atoms with van der Waals surface area (Å²) in [5.41, 5.74) is 2.37. The summed E-state index contributed by atoms with van der Waals surface area (Å²) in [4.78, 5) is 13.4. The minimum Gasteiger partial charge on any atom is -0.508 e. The molecular formula is C24H20O5. The van der Waals surface area contributed by atoms with Crippen LogP contribution < -0.4 is 14.2 Å². The first kappa shape index (κ1) is 18.6. The number of rotatable bonds is 4. The van der Waals surface area contributed by atoms with Crippen LogP contribution in [0.15, 0.2) is 72.3 Å². The van der Waals surface area contributed by atoms with Gasteiger partial charge in [0.1, 0.15) is 23.0 Å². The highest BCUT2D eigenvalue weighted by atomic mass is 16.5. The second kappa shape index (κ2) is 7.72. The summed E-state index contributed by atoms with van der Waals surface area (Å²) < 4.78 is 16.9. The van der Waals surface area contributed by atoms with Crippen molar-refractivity contribution in [2.75, 3.05) is 14.2 Å². The van der Waals surface area contributed by atoms with E-state index in [1.807, 2.05) is 48.5 Å². The maximum atomic E-state index is 13.4. The standard InChI is InChI=1S/C24H20O5/c1-27-17-10-7-15(8-11-17)13-20-23(26)19-14-16(25)9-12-22(19)29-24(20)18-5-3-4-6-21(18)28-2/h3-14,24-25H,1-2H3. The maximum absolute atomic E-state index is 13.4. The average Bonchev–Trinajstić information content (AvgIpc) is 2.76. The van der Waals surface area contributed by atoms with Gasteiger partial charge in [-0.3, -0.25) is 4.79 Å². The third kappa shape index (κ3) is 3.55. The summed E-state index contributed by atoms with van der Waals surface area (Å²) >= 11 is 0. The van der Waals surface area contributed by atoms with Crippen molar-refractivity contribution in [3.63, 3.8) is 0 Å². The molecule has 5 heteroatoms. The van der Waals surface area contributed by atoms with Gasteiger partial charge in [-0.2, -0.15) is 0 Å². The lowest BCUT2D eigenvalue weighted by atomic mass is 9.89. The molecule has 4 rings (SSSR count). The Kier molecular flexibility index (Phi) is 4.96. The van der Waals surface area contributed by atoms with Crippen LogP contribution in [0.2, 0.25) is 0 Å². The largest absolute Gasteiger partial charge is 0.508 e. The number of benzene rings is 3. The number of ether oxygens (including phenoxy) is 3. The number of methoxy groups -OCH3 is 2. The number of para-hydroxylation sites is 1. The lowest BCUT2D eigenvalue weighted by molar-refractivity contribution is 0.0961. The molecule has 1 heterocycles. The van der Waals surface area contributed by atoms with E-state index < -0.39 is 6.10 Å². The van der Waals surface area contributed by atoms with E-state index in [0.717, 1.165) is 16.9 Å². The Balaban J connectivity index is 1.87. The van der Waals surface area contributed by atoms with E-state index in [1.165, 1.54) is 12.1 Å². The minimum absolute atomic E-state index is 0.0141. The van der Waals surface area contributed by atoms with Gasteiger partial charge in [0.15, 0.2) is 11.9 Å². The number of hydrogen-bond donors (Lipinski definition) is 1. The lowest BCUT2D eigenvalue weighted by Crippen LogP contribution is -2.24. The average molecular weight is 388 g/mol. The van der Waals surface area contributed by atoms with Crippen molar-refractivity contribution in [1.82, 2.24) is 0 Å². The number of hydrogen-bond acceptors (Lipinski definition) is 5. The van der Waals surface area contributed by atoms with Crippen molar-refractivity contribution in [3.05, 3.63) is 89.0 Å². The summed E-state index contributed by atoms with van der Waals surface area (Å²) in [5, 5.41) is 9.84. The molecule has 3 aromatic rings.